The SMILES string of the molecule is Cc1ccc(Oc2ccc(OCc3nc(C4CNCCN4C)no3)cc2)cc1.Cl. The van der Waals surface area contributed by atoms with E-state index in [2.05, 4.69) is 27.4 Å². The molecule has 1 aliphatic rings. The largest absolute Gasteiger partial charge is 0.484 e. The van der Waals surface area contributed by atoms with Crippen LogP contribution in [0.5, 0.6) is 17.2 Å². The van der Waals surface area contributed by atoms with Crippen molar-refractivity contribution in [1.82, 2.24) is 20.4 Å². The molecule has 1 aromatic heterocycles. The Labute approximate surface area is 176 Å². The molecule has 1 fully saturated rings. The maximum absolute atomic E-state index is 5.82. The first kappa shape index (κ1) is 21.1. The van der Waals surface area contributed by atoms with E-state index in [0.717, 1.165) is 31.1 Å². The van der Waals surface area contributed by atoms with E-state index in [4.69, 9.17) is 14.0 Å². The highest BCUT2D eigenvalue weighted by atomic mass is 35.5. The molecule has 8 heteroatoms. The van der Waals surface area contributed by atoms with Gasteiger partial charge in [0.2, 0.25) is 0 Å². The van der Waals surface area contributed by atoms with Crippen molar-refractivity contribution >= 4 is 12.4 Å². The normalized spacial score (nSPS) is 16.8. The fraction of sp³-hybridized carbons (Fsp3) is 0.333. The molecular weight excluding hydrogens is 392 g/mol. The monoisotopic (exact) mass is 416 g/mol. The number of halogens is 1. The molecule has 2 heterocycles. The van der Waals surface area contributed by atoms with E-state index in [-0.39, 0.29) is 25.1 Å². The van der Waals surface area contributed by atoms with Crippen LogP contribution in [0.25, 0.3) is 0 Å². The van der Waals surface area contributed by atoms with Gasteiger partial charge in [-0.3, -0.25) is 4.90 Å². The summed E-state index contributed by atoms with van der Waals surface area (Å²) in [7, 11) is 2.07. The van der Waals surface area contributed by atoms with Gasteiger partial charge in [-0.2, -0.15) is 4.98 Å². The smallest absolute Gasteiger partial charge is 0.264 e. The predicted octanol–water partition coefficient (Wildman–Crippen LogP) is 3.75. The zero-order valence-electron chi connectivity index (χ0n) is 16.5. The molecule has 0 amide bonds. The molecule has 1 aliphatic heterocycles. The van der Waals surface area contributed by atoms with Crippen molar-refractivity contribution in [2.45, 2.75) is 19.6 Å². The number of nitrogens with one attached hydrogen (secondary N) is 1. The minimum absolute atomic E-state index is 0. The topological polar surface area (TPSA) is 72.7 Å². The maximum Gasteiger partial charge on any atom is 0.264 e. The van der Waals surface area contributed by atoms with Crippen molar-refractivity contribution in [2.24, 2.45) is 0 Å². The third-order valence-corrected chi connectivity index (χ3v) is 4.74. The van der Waals surface area contributed by atoms with Crippen molar-refractivity contribution in [3.05, 3.63) is 65.8 Å². The number of aryl methyl sites for hydroxylation is 1. The summed E-state index contributed by atoms with van der Waals surface area (Å²) in [5.41, 5.74) is 1.20. The van der Waals surface area contributed by atoms with Gasteiger partial charge >= 0.3 is 0 Å². The lowest BCUT2D eigenvalue weighted by molar-refractivity contribution is 0.189. The highest BCUT2D eigenvalue weighted by Crippen LogP contribution is 2.24. The van der Waals surface area contributed by atoms with Crippen molar-refractivity contribution in [3.63, 3.8) is 0 Å². The molecule has 7 nitrogen and oxygen atoms in total. The molecule has 1 saturated heterocycles. The maximum atomic E-state index is 5.82. The highest BCUT2D eigenvalue weighted by Gasteiger charge is 2.25. The van der Waals surface area contributed by atoms with E-state index in [9.17, 15) is 0 Å². The van der Waals surface area contributed by atoms with Crippen LogP contribution in [-0.4, -0.2) is 41.7 Å². The minimum Gasteiger partial charge on any atom is -0.484 e. The van der Waals surface area contributed by atoms with Gasteiger partial charge in [-0.05, 0) is 50.4 Å². The summed E-state index contributed by atoms with van der Waals surface area (Å²) in [5.74, 6) is 3.43. The molecule has 3 aromatic rings. The molecule has 1 N–H and O–H groups in total. The summed E-state index contributed by atoms with van der Waals surface area (Å²) >= 11 is 0. The molecule has 0 spiro atoms. The average molecular weight is 417 g/mol. The van der Waals surface area contributed by atoms with Gasteiger partial charge in [0.15, 0.2) is 12.4 Å². The third-order valence-electron chi connectivity index (χ3n) is 4.74. The lowest BCUT2D eigenvalue weighted by Crippen LogP contribution is -2.44. The van der Waals surface area contributed by atoms with Crippen molar-refractivity contribution in [3.8, 4) is 17.2 Å². The number of benzene rings is 2. The number of likely N-dealkylation sites (N-methyl/N-ethyl adjacent to an activating group) is 1. The zero-order chi connectivity index (χ0) is 19.3. The first-order chi connectivity index (χ1) is 13.7. The summed E-state index contributed by atoms with van der Waals surface area (Å²) in [6, 6.07) is 15.5. The van der Waals surface area contributed by atoms with E-state index in [1.165, 1.54) is 5.56 Å². The Kier molecular flexibility index (Phi) is 7.09. The molecule has 1 atom stereocenters. The van der Waals surface area contributed by atoms with E-state index in [0.29, 0.717) is 17.5 Å². The summed E-state index contributed by atoms with van der Waals surface area (Å²) in [4.78, 5) is 6.69. The Balaban J connectivity index is 0.00000240. The Hall–Kier alpha value is -2.61. The van der Waals surface area contributed by atoms with Gasteiger partial charge in [-0.25, -0.2) is 0 Å². The van der Waals surface area contributed by atoms with Crippen LogP contribution in [0.15, 0.2) is 53.1 Å². The lowest BCUT2D eigenvalue weighted by Gasteiger charge is -2.30. The molecule has 0 saturated carbocycles. The Morgan fingerprint density at radius 3 is 2.41 bits per heavy atom. The first-order valence-corrected chi connectivity index (χ1v) is 9.38. The minimum atomic E-state index is 0. The van der Waals surface area contributed by atoms with Gasteiger partial charge in [-0.15, -0.1) is 12.4 Å². The van der Waals surface area contributed by atoms with Gasteiger partial charge in [0, 0.05) is 19.6 Å². The predicted molar refractivity (Wildman–Crippen MR) is 112 cm³/mol. The van der Waals surface area contributed by atoms with Crippen LogP contribution in [0.3, 0.4) is 0 Å². The van der Waals surface area contributed by atoms with Crippen molar-refractivity contribution in [1.29, 1.82) is 0 Å². The van der Waals surface area contributed by atoms with Crippen molar-refractivity contribution < 1.29 is 14.0 Å². The molecule has 29 heavy (non-hydrogen) atoms. The second kappa shape index (κ2) is 9.73. The fourth-order valence-electron chi connectivity index (χ4n) is 3.05. The number of aromatic nitrogens is 2. The summed E-state index contributed by atoms with van der Waals surface area (Å²) in [6.07, 6.45) is 0. The van der Waals surface area contributed by atoms with Crippen LogP contribution in [-0.2, 0) is 6.61 Å². The molecule has 2 aromatic carbocycles. The second-order valence-electron chi connectivity index (χ2n) is 6.92. The third kappa shape index (κ3) is 5.47. The molecular formula is C21H25ClN4O3. The molecule has 0 radical (unpaired) electrons. The van der Waals surface area contributed by atoms with Crippen LogP contribution in [0.1, 0.15) is 23.3 Å². The van der Waals surface area contributed by atoms with Gasteiger partial charge in [0.05, 0.1) is 6.04 Å². The fourth-order valence-corrected chi connectivity index (χ4v) is 3.05. The van der Waals surface area contributed by atoms with Crippen LogP contribution >= 0.6 is 12.4 Å². The van der Waals surface area contributed by atoms with Crippen LogP contribution in [0, 0.1) is 6.92 Å². The molecule has 0 aliphatic carbocycles. The number of hydrogen-bond acceptors (Lipinski definition) is 7. The number of ether oxygens (including phenoxy) is 2. The highest BCUT2D eigenvalue weighted by molar-refractivity contribution is 5.85. The first-order valence-electron chi connectivity index (χ1n) is 9.38. The zero-order valence-corrected chi connectivity index (χ0v) is 17.3. The number of rotatable bonds is 6. The van der Waals surface area contributed by atoms with Crippen LogP contribution < -0.4 is 14.8 Å². The van der Waals surface area contributed by atoms with Crippen LogP contribution in [0.4, 0.5) is 0 Å². The summed E-state index contributed by atoms with van der Waals surface area (Å²) in [5, 5.41) is 7.45. The van der Waals surface area contributed by atoms with Crippen molar-refractivity contribution in [2.75, 3.05) is 26.7 Å². The van der Waals surface area contributed by atoms with Gasteiger partial charge in [0.25, 0.3) is 5.89 Å². The second-order valence-corrected chi connectivity index (χ2v) is 6.92. The molecule has 0 bridgehead atoms. The quantitative estimate of drug-likeness (QED) is 0.656. The number of hydrogen-bond donors (Lipinski definition) is 1. The summed E-state index contributed by atoms with van der Waals surface area (Å²) in [6.45, 7) is 5.03. The van der Waals surface area contributed by atoms with E-state index in [1.54, 1.807) is 0 Å². The molecule has 1 unspecified atom stereocenters. The van der Waals surface area contributed by atoms with E-state index >= 15 is 0 Å². The number of piperazine rings is 1. The Morgan fingerprint density at radius 2 is 1.72 bits per heavy atom. The van der Waals surface area contributed by atoms with Gasteiger partial charge in [-0.1, -0.05) is 22.9 Å². The van der Waals surface area contributed by atoms with E-state index < -0.39 is 0 Å². The van der Waals surface area contributed by atoms with E-state index in [1.807, 2.05) is 55.5 Å². The Bertz CT molecular complexity index is 899. The van der Waals surface area contributed by atoms with Gasteiger partial charge in [0.1, 0.15) is 17.2 Å². The van der Waals surface area contributed by atoms with Crippen LogP contribution in [0.2, 0.25) is 0 Å². The average Bonchev–Trinajstić information content (AvgIpc) is 3.18. The van der Waals surface area contributed by atoms with Gasteiger partial charge < -0.3 is 19.3 Å². The lowest BCUT2D eigenvalue weighted by atomic mass is 10.2. The number of nitrogens with zero attached hydrogens (tertiary/aromatic N) is 3. The molecule has 154 valence electrons. The summed E-state index contributed by atoms with van der Waals surface area (Å²) < 4.78 is 16.9. The standard InChI is InChI=1S/C21H24N4O3.ClH/c1-15-3-5-17(6-4-15)27-18-9-7-16(8-10-18)26-14-20-23-21(24-28-20)19-13-22-11-12-25(19)2;/h3-10,19,22H,11-14H2,1-2H3;1H. The Morgan fingerprint density at radius 1 is 1.07 bits per heavy atom. The molecule has 4 rings (SSSR count).